The molecular weight excluding hydrogens is 294 g/mol. The normalized spacial score (nSPS) is 10.6. The Bertz CT molecular complexity index is 631. The average molecular weight is 310 g/mol. The van der Waals surface area contributed by atoms with Crippen molar-refractivity contribution >= 4 is 17.3 Å². The molecule has 0 aliphatic carbocycles. The Morgan fingerprint density at radius 2 is 2.10 bits per heavy atom. The highest BCUT2D eigenvalue weighted by molar-refractivity contribution is 6.32. The van der Waals surface area contributed by atoms with Crippen molar-refractivity contribution < 1.29 is 9.84 Å². The van der Waals surface area contributed by atoms with Gasteiger partial charge in [0.15, 0.2) is 0 Å². The molecule has 2 rings (SSSR count). The van der Waals surface area contributed by atoms with Crippen molar-refractivity contribution in [1.29, 1.82) is 0 Å². The summed E-state index contributed by atoms with van der Waals surface area (Å²) in [4.78, 5) is 12.0. The lowest BCUT2D eigenvalue weighted by atomic mass is 10.2. The van der Waals surface area contributed by atoms with E-state index in [2.05, 4.69) is 10.4 Å². The van der Waals surface area contributed by atoms with Gasteiger partial charge in [-0.15, -0.1) is 0 Å². The summed E-state index contributed by atoms with van der Waals surface area (Å²) in [5.74, 6) is 0. The summed E-state index contributed by atoms with van der Waals surface area (Å²) in [6.45, 7) is 0.653. The highest BCUT2D eigenvalue weighted by Crippen LogP contribution is 2.14. The van der Waals surface area contributed by atoms with Gasteiger partial charge >= 0.3 is 0 Å². The third kappa shape index (κ3) is 4.29. The number of hydrogen-bond donors (Lipinski definition) is 2. The maximum Gasteiger partial charge on any atom is 0.289 e. The molecule has 0 fully saturated rings. The minimum Gasteiger partial charge on any atom is -0.395 e. The molecule has 0 bridgehead atoms. The Hall–Kier alpha value is -1.89. The molecule has 6 nitrogen and oxygen atoms in total. The number of aliphatic hydroxyl groups is 1. The monoisotopic (exact) mass is 309 g/mol. The molecule has 1 heterocycles. The minimum atomic E-state index is -0.437. The summed E-state index contributed by atoms with van der Waals surface area (Å²) >= 11 is 5.96. The first-order chi connectivity index (χ1) is 10.2. The maximum atomic E-state index is 12.0. The summed E-state index contributed by atoms with van der Waals surface area (Å²) in [5.41, 5.74) is 0.973. The van der Waals surface area contributed by atoms with Crippen molar-refractivity contribution in [2.45, 2.75) is 13.3 Å². The highest BCUT2D eigenvalue weighted by Gasteiger charge is 2.08. The number of benzene rings is 1. The van der Waals surface area contributed by atoms with Gasteiger partial charge in [0, 0.05) is 6.54 Å². The predicted octanol–water partition coefficient (Wildman–Crippen LogP) is 1.48. The van der Waals surface area contributed by atoms with E-state index in [0.717, 1.165) is 10.2 Å². The Morgan fingerprint density at radius 1 is 1.33 bits per heavy atom. The van der Waals surface area contributed by atoms with Crippen LogP contribution in [0.2, 0.25) is 5.02 Å². The van der Waals surface area contributed by atoms with Crippen LogP contribution in [-0.4, -0.2) is 28.0 Å². The van der Waals surface area contributed by atoms with E-state index < -0.39 is 5.56 Å². The fraction of sp³-hybridized carbons (Fsp3) is 0.286. The van der Waals surface area contributed by atoms with Crippen molar-refractivity contribution in [2.24, 2.45) is 0 Å². The topological polar surface area (TPSA) is 76.4 Å². The summed E-state index contributed by atoms with van der Waals surface area (Å²) in [6, 6.07) is 9.63. The number of nitrogens with zero attached hydrogens (tertiary/aromatic N) is 2. The Morgan fingerprint density at radius 3 is 2.81 bits per heavy atom. The minimum absolute atomic E-state index is 0.0216. The molecule has 0 saturated heterocycles. The van der Waals surface area contributed by atoms with Crippen LogP contribution in [0, 0.1) is 0 Å². The number of anilines is 1. The number of nitrogens with one attached hydrogen (secondary N) is 1. The molecule has 2 N–H and O–H groups in total. The molecule has 0 amide bonds. The third-order valence-electron chi connectivity index (χ3n) is 2.74. The molecule has 0 aliphatic heterocycles. The third-order valence-corrected chi connectivity index (χ3v) is 3.10. The van der Waals surface area contributed by atoms with Gasteiger partial charge in [-0.05, 0) is 5.56 Å². The average Bonchev–Trinajstić information content (AvgIpc) is 2.52. The van der Waals surface area contributed by atoms with Gasteiger partial charge in [-0.25, -0.2) is 4.68 Å². The first kappa shape index (κ1) is 15.5. The summed E-state index contributed by atoms with van der Waals surface area (Å²) in [7, 11) is 0. The van der Waals surface area contributed by atoms with E-state index in [9.17, 15) is 4.79 Å². The van der Waals surface area contributed by atoms with Gasteiger partial charge in [0.05, 0.1) is 25.1 Å². The van der Waals surface area contributed by atoms with Crippen LogP contribution >= 0.6 is 11.6 Å². The highest BCUT2D eigenvalue weighted by atomic mass is 35.5. The number of ether oxygens (including phenoxy) is 1. The van der Waals surface area contributed by atoms with Crippen LogP contribution in [-0.2, 0) is 18.1 Å². The van der Waals surface area contributed by atoms with Crippen molar-refractivity contribution in [3.63, 3.8) is 0 Å². The van der Waals surface area contributed by atoms with Crippen LogP contribution in [0.1, 0.15) is 5.56 Å². The Kier molecular flexibility index (Phi) is 5.74. The second-order valence-corrected chi connectivity index (χ2v) is 4.67. The summed E-state index contributed by atoms with van der Waals surface area (Å²) < 4.78 is 6.59. The molecule has 0 radical (unpaired) electrons. The van der Waals surface area contributed by atoms with Crippen LogP contribution in [0.3, 0.4) is 0 Å². The lowest BCUT2D eigenvalue weighted by molar-refractivity contribution is 0.0529. The van der Waals surface area contributed by atoms with Gasteiger partial charge in [-0.2, -0.15) is 5.10 Å². The molecular formula is C14H16ClN3O3. The van der Waals surface area contributed by atoms with E-state index in [1.165, 1.54) is 6.20 Å². The first-order valence-electron chi connectivity index (χ1n) is 6.44. The zero-order chi connectivity index (χ0) is 15.1. The number of rotatable bonds is 7. The zero-order valence-corrected chi connectivity index (χ0v) is 12.1. The van der Waals surface area contributed by atoms with Gasteiger partial charge in [-0.3, -0.25) is 4.79 Å². The Balaban J connectivity index is 1.98. The van der Waals surface area contributed by atoms with E-state index in [1.54, 1.807) is 0 Å². The molecule has 1 aromatic heterocycles. The number of hydrogen-bond acceptors (Lipinski definition) is 5. The zero-order valence-electron chi connectivity index (χ0n) is 11.3. The number of halogens is 1. The molecule has 7 heteroatoms. The largest absolute Gasteiger partial charge is 0.395 e. The second-order valence-electron chi connectivity index (χ2n) is 4.29. The van der Waals surface area contributed by atoms with E-state index in [-0.39, 0.29) is 18.4 Å². The van der Waals surface area contributed by atoms with Crippen LogP contribution in [0.15, 0.2) is 41.3 Å². The van der Waals surface area contributed by atoms with E-state index in [1.807, 2.05) is 30.3 Å². The maximum absolute atomic E-state index is 12.0. The van der Waals surface area contributed by atoms with Crippen LogP contribution < -0.4 is 10.9 Å². The molecule has 0 spiro atoms. The lowest BCUT2D eigenvalue weighted by Gasteiger charge is -2.10. The molecule has 0 saturated carbocycles. The van der Waals surface area contributed by atoms with E-state index >= 15 is 0 Å². The second kappa shape index (κ2) is 7.78. The van der Waals surface area contributed by atoms with Crippen molar-refractivity contribution in [2.75, 3.05) is 18.5 Å². The molecule has 0 atom stereocenters. The Labute approximate surface area is 126 Å². The quantitative estimate of drug-likeness (QED) is 0.810. The van der Waals surface area contributed by atoms with Crippen molar-refractivity contribution in [3.8, 4) is 0 Å². The fourth-order valence-corrected chi connectivity index (χ4v) is 1.91. The number of aromatic nitrogens is 2. The van der Waals surface area contributed by atoms with Crippen LogP contribution in [0.4, 0.5) is 5.69 Å². The van der Waals surface area contributed by atoms with Gasteiger partial charge in [0.25, 0.3) is 5.56 Å². The SMILES string of the molecule is O=c1c(Cl)c(NCCO)cnn1COCc1ccccc1. The fourth-order valence-electron chi connectivity index (χ4n) is 1.70. The molecule has 21 heavy (non-hydrogen) atoms. The van der Waals surface area contributed by atoms with Gasteiger partial charge in [-0.1, -0.05) is 41.9 Å². The molecule has 0 aliphatic rings. The predicted molar refractivity (Wildman–Crippen MR) is 80.3 cm³/mol. The molecule has 1 aromatic carbocycles. The van der Waals surface area contributed by atoms with Crippen molar-refractivity contribution in [3.05, 3.63) is 57.5 Å². The van der Waals surface area contributed by atoms with Gasteiger partial charge in [0.1, 0.15) is 11.8 Å². The van der Waals surface area contributed by atoms with Crippen molar-refractivity contribution in [1.82, 2.24) is 9.78 Å². The van der Waals surface area contributed by atoms with E-state index in [4.69, 9.17) is 21.4 Å². The van der Waals surface area contributed by atoms with Crippen LogP contribution in [0.5, 0.6) is 0 Å². The molecule has 2 aromatic rings. The van der Waals surface area contributed by atoms with Gasteiger partial charge in [0.2, 0.25) is 0 Å². The van der Waals surface area contributed by atoms with Crippen LogP contribution in [0.25, 0.3) is 0 Å². The molecule has 0 unspecified atom stereocenters. The van der Waals surface area contributed by atoms with Gasteiger partial charge < -0.3 is 15.2 Å². The molecule has 112 valence electrons. The lowest BCUT2D eigenvalue weighted by Crippen LogP contribution is -2.25. The summed E-state index contributed by atoms with van der Waals surface area (Å²) in [5, 5.41) is 15.6. The standard InChI is InChI=1S/C14H16ClN3O3/c15-13-12(16-6-7-19)8-17-18(14(13)20)10-21-9-11-4-2-1-3-5-11/h1-5,8,16,19H,6-7,9-10H2. The smallest absolute Gasteiger partial charge is 0.289 e. The first-order valence-corrected chi connectivity index (χ1v) is 6.82. The number of aliphatic hydroxyl groups excluding tert-OH is 1. The summed E-state index contributed by atoms with van der Waals surface area (Å²) in [6.07, 6.45) is 1.44. The van der Waals surface area contributed by atoms with E-state index in [0.29, 0.717) is 18.8 Å².